The number of phosphoric ester groups is 1. The average molecular weight is 1000 g/mol. The summed E-state index contributed by atoms with van der Waals surface area (Å²) < 4.78 is 23.5. The van der Waals surface area contributed by atoms with Crippen molar-refractivity contribution in [2.24, 2.45) is 0 Å². The van der Waals surface area contributed by atoms with E-state index in [1.54, 1.807) is 6.08 Å². The topological polar surface area (TPSA) is 105 Å². The lowest BCUT2D eigenvalue weighted by Crippen LogP contribution is -2.45. The minimum Gasteiger partial charge on any atom is -0.387 e. The van der Waals surface area contributed by atoms with Gasteiger partial charge in [0.05, 0.1) is 39.9 Å². The molecule has 3 N–H and O–H groups in total. The quantitative estimate of drug-likeness (QED) is 0.0243. The summed E-state index contributed by atoms with van der Waals surface area (Å²) in [6.07, 6.45) is 71.1. The van der Waals surface area contributed by atoms with Gasteiger partial charge in [-0.15, -0.1) is 0 Å². The maximum atomic E-state index is 12.9. The normalized spacial score (nSPS) is 14.3. The van der Waals surface area contributed by atoms with Crippen LogP contribution in [0.5, 0.6) is 0 Å². The van der Waals surface area contributed by atoms with Crippen LogP contribution in [0.4, 0.5) is 0 Å². The van der Waals surface area contributed by atoms with E-state index in [4.69, 9.17) is 9.05 Å². The lowest BCUT2D eigenvalue weighted by atomic mass is 10.0. The predicted octanol–water partition coefficient (Wildman–Crippen LogP) is 18.1. The minimum absolute atomic E-state index is 0.0531. The lowest BCUT2D eigenvalue weighted by Gasteiger charge is -2.25. The number of carbonyl (C=O) groups excluding carboxylic acids is 1. The number of rotatable bonds is 54. The van der Waals surface area contributed by atoms with Crippen molar-refractivity contribution in [3.8, 4) is 0 Å². The number of nitrogens with one attached hydrogen (secondary N) is 1. The summed E-state index contributed by atoms with van der Waals surface area (Å²) in [6.45, 7) is 4.55. The summed E-state index contributed by atoms with van der Waals surface area (Å²) in [4.78, 5) is 23.1. The van der Waals surface area contributed by atoms with E-state index in [1.165, 1.54) is 199 Å². The molecule has 0 aliphatic rings. The summed E-state index contributed by atoms with van der Waals surface area (Å²) in [5, 5.41) is 13.8. The largest absolute Gasteiger partial charge is 0.472 e. The van der Waals surface area contributed by atoms with Crippen molar-refractivity contribution >= 4 is 13.7 Å². The molecule has 410 valence electrons. The summed E-state index contributed by atoms with van der Waals surface area (Å²) in [7, 11) is 1.55. The number of hydrogen-bond donors (Lipinski definition) is 3. The Labute approximate surface area is 434 Å². The molecule has 0 aromatic carbocycles. The average Bonchev–Trinajstić information content (AvgIpc) is 3.32. The minimum atomic E-state index is -4.35. The van der Waals surface area contributed by atoms with Crippen LogP contribution >= 0.6 is 7.82 Å². The van der Waals surface area contributed by atoms with Crippen molar-refractivity contribution in [3.63, 3.8) is 0 Å². The van der Waals surface area contributed by atoms with Gasteiger partial charge >= 0.3 is 7.82 Å². The molecule has 0 aromatic heterocycles. The zero-order valence-electron chi connectivity index (χ0n) is 46.8. The number of aliphatic hydroxyl groups is 1. The molecular formula is C61H116N2O6P+. The van der Waals surface area contributed by atoms with Crippen molar-refractivity contribution in [1.82, 2.24) is 5.32 Å². The fourth-order valence-electron chi connectivity index (χ4n) is 8.64. The van der Waals surface area contributed by atoms with Gasteiger partial charge in [-0.2, -0.15) is 0 Å². The highest BCUT2D eigenvalue weighted by Gasteiger charge is 2.27. The molecule has 0 fully saturated rings. The molecule has 1 amide bonds. The molecule has 0 aliphatic heterocycles. The molecule has 0 aliphatic carbocycles. The van der Waals surface area contributed by atoms with Crippen LogP contribution < -0.4 is 5.32 Å². The molecule has 3 unspecified atom stereocenters. The van der Waals surface area contributed by atoms with E-state index in [0.29, 0.717) is 17.4 Å². The number of nitrogens with zero attached hydrogens (tertiary/aromatic N) is 1. The smallest absolute Gasteiger partial charge is 0.387 e. The Morgan fingerprint density at radius 3 is 1.30 bits per heavy atom. The molecule has 9 heteroatoms. The van der Waals surface area contributed by atoms with Gasteiger partial charge in [0.15, 0.2) is 0 Å². The van der Waals surface area contributed by atoms with Crippen molar-refractivity contribution in [3.05, 3.63) is 60.8 Å². The summed E-state index contributed by atoms with van der Waals surface area (Å²) in [5.41, 5.74) is 0. The summed E-state index contributed by atoms with van der Waals surface area (Å²) in [6, 6.07) is -0.867. The van der Waals surface area contributed by atoms with Crippen LogP contribution in [-0.4, -0.2) is 73.4 Å². The van der Waals surface area contributed by atoms with Gasteiger partial charge in [0.25, 0.3) is 0 Å². The van der Waals surface area contributed by atoms with E-state index in [0.717, 1.165) is 51.4 Å². The third-order valence-corrected chi connectivity index (χ3v) is 14.3. The van der Waals surface area contributed by atoms with Crippen LogP contribution in [0.1, 0.15) is 271 Å². The standard InChI is InChI=1S/C61H115N2O6P/c1-6-8-10-12-14-16-17-18-19-20-21-22-23-24-25-26-27-28-29-30-31-32-33-34-35-36-37-38-39-40-41-42-43-44-45-47-49-51-53-55-61(65)62-59(58-69-70(66,67)68-57-56-63(3,4)5)60(64)54-52-50-48-46-15-13-11-9-7-2/h7,9,15,17-18,20-21,46,52,54,59-60,64H,6,8,10-14,16,19,22-45,47-51,53,55-58H2,1-5H3,(H-,62,65,66,67)/p+1/b9-7+,18-17-,21-20-,46-15+,54-52+. The first-order valence-corrected chi connectivity index (χ1v) is 31.1. The van der Waals surface area contributed by atoms with Crippen LogP contribution in [0.2, 0.25) is 0 Å². The number of quaternary nitrogens is 1. The van der Waals surface area contributed by atoms with Crippen molar-refractivity contribution < 1.29 is 32.9 Å². The maximum Gasteiger partial charge on any atom is 0.472 e. The Bertz CT molecular complexity index is 1320. The second-order valence-corrected chi connectivity index (χ2v) is 22.8. The highest BCUT2D eigenvalue weighted by atomic mass is 31.2. The molecule has 0 aromatic rings. The van der Waals surface area contributed by atoms with E-state index in [2.05, 4.69) is 60.8 Å². The zero-order chi connectivity index (χ0) is 51.3. The van der Waals surface area contributed by atoms with E-state index < -0.39 is 20.0 Å². The summed E-state index contributed by atoms with van der Waals surface area (Å²) in [5.74, 6) is -0.191. The van der Waals surface area contributed by atoms with Gasteiger partial charge in [0, 0.05) is 6.42 Å². The molecule has 0 bridgehead atoms. The Morgan fingerprint density at radius 1 is 0.514 bits per heavy atom. The molecular weight excluding hydrogens is 888 g/mol. The number of aliphatic hydroxyl groups excluding tert-OH is 1. The molecule has 0 radical (unpaired) electrons. The number of amides is 1. The third-order valence-electron chi connectivity index (χ3n) is 13.3. The van der Waals surface area contributed by atoms with Crippen molar-refractivity contribution in [2.75, 3.05) is 40.9 Å². The molecule has 8 nitrogen and oxygen atoms in total. The SMILES string of the molecule is C/C=C/CC/C=C/CC/C=C/C(O)C(COP(=O)(O)OCC[N+](C)(C)C)NC(=O)CCCCCCCCCCCCCCCCCCCCCCCCCCCCC/C=C\C/C=C\CCCCCCC. The summed E-state index contributed by atoms with van der Waals surface area (Å²) >= 11 is 0. The molecule has 0 saturated carbocycles. The highest BCUT2D eigenvalue weighted by Crippen LogP contribution is 2.43. The first-order valence-electron chi connectivity index (χ1n) is 29.6. The van der Waals surface area contributed by atoms with Gasteiger partial charge in [-0.1, -0.05) is 254 Å². The zero-order valence-corrected chi connectivity index (χ0v) is 47.7. The van der Waals surface area contributed by atoms with Gasteiger partial charge in [0.2, 0.25) is 5.91 Å². The Kier molecular flexibility index (Phi) is 50.7. The first-order chi connectivity index (χ1) is 34.0. The number of allylic oxidation sites excluding steroid dienone is 9. The van der Waals surface area contributed by atoms with Gasteiger partial charge in [-0.05, 0) is 71.1 Å². The van der Waals surface area contributed by atoms with Gasteiger partial charge in [0.1, 0.15) is 13.2 Å². The number of likely N-dealkylation sites (N-methyl/N-ethyl adjacent to an activating group) is 1. The van der Waals surface area contributed by atoms with Crippen LogP contribution in [0.3, 0.4) is 0 Å². The van der Waals surface area contributed by atoms with E-state index in [1.807, 2.05) is 34.1 Å². The van der Waals surface area contributed by atoms with Gasteiger partial charge in [-0.25, -0.2) is 4.57 Å². The van der Waals surface area contributed by atoms with Gasteiger partial charge < -0.3 is 19.8 Å². The number of carbonyl (C=O) groups is 1. The van der Waals surface area contributed by atoms with Crippen LogP contribution in [0, 0.1) is 0 Å². The molecule has 0 spiro atoms. The van der Waals surface area contributed by atoms with Crippen LogP contribution in [-0.2, 0) is 18.4 Å². The van der Waals surface area contributed by atoms with Crippen molar-refractivity contribution in [1.29, 1.82) is 0 Å². The number of hydrogen-bond acceptors (Lipinski definition) is 5. The second-order valence-electron chi connectivity index (χ2n) is 21.4. The van der Waals surface area contributed by atoms with Crippen LogP contribution in [0.15, 0.2) is 60.8 Å². The molecule has 3 atom stereocenters. The van der Waals surface area contributed by atoms with E-state index >= 15 is 0 Å². The third kappa shape index (κ3) is 54.0. The number of phosphoric acid groups is 1. The fraction of sp³-hybridized carbons (Fsp3) is 0.820. The highest BCUT2D eigenvalue weighted by molar-refractivity contribution is 7.47. The molecule has 70 heavy (non-hydrogen) atoms. The Balaban J connectivity index is 3.79. The maximum absolute atomic E-state index is 12.9. The number of unbranched alkanes of at least 4 members (excludes halogenated alkanes) is 34. The van der Waals surface area contributed by atoms with Crippen molar-refractivity contribution in [2.45, 2.75) is 283 Å². The molecule has 0 rings (SSSR count). The Hall–Kier alpha value is -1.80. The first kappa shape index (κ1) is 68.2. The fourth-order valence-corrected chi connectivity index (χ4v) is 9.38. The Morgan fingerprint density at radius 2 is 0.886 bits per heavy atom. The monoisotopic (exact) mass is 1000 g/mol. The predicted molar refractivity (Wildman–Crippen MR) is 304 cm³/mol. The van der Waals surface area contributed by atoms with Crippen LogP contribution in [0.25, 0.3) is 0 Å². The lowest BCUT2D eigenvalue weighted by molar-refractivity contribution is -0.870. The van der Waals surface area contributed by atoms with E-state index in [9.17, 15) is 19.4 Å². The van der Waals surface area contributed by atoms with E-state index in [-0.39, 0.29) is 19.1 Å². The van der Waals surface area contributed by atoms with Gasteiger partial charge in [-0.3, -0.25) is 13.8 Å². The second kappa shape index (κ2) is 52.1. The molecule has 0 heterocycles. The molecule has 0 saturated heterocycles.